The molecule has 0 atom stereocenters. The van der Waals surface area contributed by atoms with E-state index < -0.39 is 17.3 Å². The van der Waals surface area contributed by atoms with Crippen LogP contribution in [0.5, 0.6) is 0 Å². The van der Waals surface area contributed by atoms with Crippen LogP contribution in [0, 0.1) is 0 Å². The van der Waals surface area contributed by atoms with E-state index in [1.165, 1.54) is 0 Å². The molecule has 0 saturated heterocycles. The maximum absolute atomic E-state index is 2.41. The van der Waals surface area contributed by atoms with Gasteiger partial charge in [-0.3, -0.25) is 0 Å². The molecule has 0 bridgehead atoms. The van der Waals surface area contributed by atoms with Crippen LogP contribution in [-0.2, 0) is 17.3 Å². The summed E-state index contributed by atoms with van der Waals surface area (Å²) in [6.45, 7) is 9.65. The van der Waals surface area contributed by atoms with Crippen LogP contribution in [0.15, 0.2) is 24.3 Å². The van der Waals surface area contributed by atoms with Gasteiger partial charge in [0.05, 0.1) is 0 Å². The van der Waals surface area contributed by atoms with Crippen LogP contribution >= 0.6 is 0 Å². The van der Waals surface area contributed by atoms with E-state index in [0.717, 1.165) is 12.9 Å². The van der Waals surface area contributed by atoms with Crippen molar-refractivity contribution in [1.82, 2.24) is 0 Å². The third-order valence-electron chi connectivity index (χ3n) is 2.47. The monoisotopic (exact) mass is 251 g/mol. The van der Waals surface area contributed by atoms with Gasteiger partial charge in [0.1, 0.15) is 0 Å². The van der Waals surface area contributed by atoms with E-state index in [4.69, 9.17) is 0 Å². The summed E-state index contributed by atoms with van der Waals surface area (Å²) in [7, 11) is 0. The van der Waals surface area contributed by atoms with Gasteiger partial charge in [-0.2, -0.15) is 0 Å². The quantitative estimate of drug-likeness (QED) is 0.670. The Morgan fingerprint density at radius 1 is 0.917 bits per heavy atom. The molecule has 0 aromatic carbocycles. The molecule has 1 rings (SSSR count). The molecule has 12 heavy (non-hydrogen) atoms. The van der Waals surface area contributed by atoms with Gasteiger partial charge in [-0.05, 0) is 0 Å². The van der Waals surface area contributed by atoms with Gasteiger partial charge >= 0.3 is 82.2 Å². The molecule has 71 valence electrons. The topological polar surface area (TPSA) is 0 Å². The van der Waals surface area contributed by atoms with Gasteiger partial charge in [0.2, 0.25) is 0 Å². The van der Waals surface area contributed by atoms with Gasteiger partial charge in [-0.1, -0.05) is 0 Å². The summed E-state index contributed by atoms with van der Waals surface area (Å²) in [4.78, 5) is 0. The van der Waals surface area contributed by atoms with Gasteiger partial charge in [0, 0.05) is 0 Å². The van der Waals surface area contributed by atoms with E-state index in [1.807, 2.05) is 0 Å². The Morgan fingerprint density at radius 3 is 1.67 bits per heavy atom. The molecule has 0 amide bonds. The molecule has 0 heterocycles. The average Bonchev–Trinajstić information content (AvgIpc) is 2.37. The van der Waals surface area contributed by atoms with E-state index >= 15 is 0 Å². The predicted octanol–water partition coefficient (Wildman–Crippen LogP) is 3.64. The molecule has 0 fully saturated rings. The molecule has 0 nitrogen and oxygen atoms in total. The van der Waals surface area contributed by atoms with Crippen LogP contribution in [0.4, 0.5) is 0 Å². The number of hydrogen-bond donors (Lipinski definition) is 0. The molecular formula is C11H21Mo. The van der Waals surface area contributed by atoms with Crippen molar-refractivity contribution in [3.05, 3.63) is 24.3 Å². The molecule has 0 aromatic rings. The molecule has 0 aromatic heterocycles. The van der Waals surface area contributed by atoms with Crippen LogP contribution in [0.2, 0.25) is 12.9 Å². The van der Waals surface area contributed by atoms with Crippen LogP contribution in [0.1, 0.15) is 27.7 Å². The molecule has 0 radical (unpaired) electrons. The summed E-state index contributed by atoms with van der Waals surface area (Å²) < 4.78 is 2.84. The van der Waals surface area contributed by atoms with Crippen molar-refractivity contribution < 1.29 is 17.3 Å². The fraction of sp³-hybridized carbons (Fsp3) is 0.636. The molecule has 0 saturated carbocycles. The third-order valence-corrected chi connectivity index (χ3v) is 11.9. The van der Waals surface area contributed by atoms with Crippen LogP contribution in [0.25, 0.3) is 0 Å². The van der Waals surface area contributed by atoms with Gasteiger partial charge in [0.25, 0.3) is 0 Å². The maximum atomic E-state index is 2.41. The van der Waals surface area contributed by atoms with E-state index in [0.29, 0.717) is 0 Å². The Hall–Kier alpha value is 0.168. The van der Waals surface area contributed by atoms with Gasteiger partial charge < -0.3 is 0 Å². The second kappa shape index (κ2) is 4.42. The van der Waals surface area contributed by atoms with Crippen molar-refractivity contribution in [2.24, 2.45) is 0 Å². The van der Waals surface area contributed by atoms with Gasteiger partial charge in [0.15, 0.2) is 0 Å². The van der Waals surface area contributed by atoms with Crippen LogP contribution in [0.3, 0.4) is 0 Å². The molecule has 1 aliphatic carbocycles. The van der Waals surface area contributed by atoms with Crippen LogP contribution in [-0.4, -0.2) is 0 Å². The summed E-state index contributed by atoms with van der Waals surface area (Å²) in [5, 5.41) is 0. The Kier molecular flexibility index (Phi) is 3.77. The zero-order chi connectivity index (χ0) is 9.14. The molecule has 0 unspecified atom stereocenters. The Balaban J connectivity index is 2.65. The summed E-state index contributed by atoms with van der Waals surface area (Å²) in [5.41, 5.74) is 0. The van der Waals surface area contributed by atoms with Gasteiger partial charge in [-0.25, -0.2) is 0 Å². The Morgan fingerprint density at radius 2 is 1.33 bits per heavy atom. The second-order valence-electron chi connectivity index (χ2n) is 4.10. The van der Waals surface area contributed by atoms with Crippen molar-refractivity contribution in [3.63, 3.8) is 0 Å². The molecule has 1 heteroatoms. The predicted molar refractivity (Wildman–Crippen MR) is 55.0 cm³/mol. The molecule has 0 aliphatic heterocycles. The van der Waals surface area contributed by atoms with Crippen molar-refractivity contribution in [3.8, 4) is 0 Å². The van der Waals surface area contributed by atoms with Crippen molar-refractivity contribution >= 4 is 0 Å². The third kappa shape index (κ3) is 2.33. The van der Waals surface area contributed by atoms with E-state index in [-0.39, 0.29) is 0 Å². The number of allylic oxidation sites excluding steroid dienone is 4. The standard InChI is InChI=1S/C5H5.2C3H7.Mo.2H/c1-2-4-5-3-1;2*1-3-2;;;/h1-5H;2*3H,1-2H3;;;. The SMILES string of the molecule is C[CH](C)[MoH2]([CH](C)C)[CH]1C=CC=C1. The Labute approximate surface area is 82.3 Å². The summed E-state index contributed by atoms with van der Waals surface area (Å²) in [6, 6.07) is 0. The number of hydrogen-bond acceptors (Lipinski definition) is 0. The average molecular weight is 249 g/mol. The van der Waals surface area contributed by atoms with Crippen molar-refractivity contribution in [2.75, 3.05) is 0 Å². The van der Waals surface area contributed by atoms with Gasteiger partial charge in [-0.15, -0.1) is 0 Å². The summed E-state index contributed by atoms with van der Waals surface area (Å²) in [6.07, 6.45) is 9.26. The minimum absolute atomic E-state index is 0.882. The molecule has 0 N–H and O–H groups in total. The first-order valence-electron chi connectivity index (χ1n) is 4.84. The summed E-state index contributed by atoms with van der Waals surface area (Å²) >= 11 is -1.19. The molecular weight excluding hydrogens is 228 g/mol. The summed E-state index contributed by atoms with van der Waals surface area (Å²) in [5.74, 6) is 0. The minimum atomic E-state index is -1.19. The van der Waals surface area contributed by atoms with Crippen molar-refractivity contribution in [1.29, 1.82) is 0 Å². The van der Waals surface area contributed by atoms with E-state index in [9.17, 15) is 0 Å². The number of rotatable bonds is 3. The fourth-order valence-corrected chi connectivity index (χ4v) is 10.8. The van der Waals surface area contributed by atoms with E-state index in [2.05, 4.69) is 52.0 Å². The second-order valence-corrected chi connectivity index (χ2v) is 13.9. The molecule has 0 spiro atoms. The Bertz CT molecular complexity index is 169. The normalized spacial score (nSPS) is 18.3. The van der Waals surface area contributed by atoms with Crippen molar-refractivity contribution in [2.45, 2.75) is 40.6 Å². The first-order chi connectivity index (χ1) is 5.63. The van der Waals surface area contributed by atoms with Crippen LogP contribution < -0.4 is 0 Å². The first kappa shape index (κ1) is 10.3. The zero-order valence-electron chi connectivity index (χ0n) is 8.54. The molecule has 1 aliphatic rings. The van der Waals surface area contributed by atoms with E-state index in [1.54, 1.807) is 0 Å². The fourth-order valence-electron chi connectivity index (χ4n) is 2.09. The zero-order valence-corrected chi connectivity index (χ0v) is 11.0. The first-order valence-corrected chi connectivity index (χ1v) is 9.10.